The van der Waals surface area contributed by atoms with E-state index in [1.165, 1.54) is 47.3 Å². The summed E-state index contributed by atoms with van der Waals surface area (Å²) in [6, 6.07) is 0. The van der Waals surface area contributed by atoms with Gasteiger partial charge >= 0.3 is 0 Å². The summed E-state index contributed by atoms with van der Waals surface area (Å²) < 4.78 is 0. The molecule has 8 rings (SSSR count). The number of hydrogen-bond donors (Lipinski definition) is 0. The lowest BCUT2D eigenvalue weighted by molar-refractivity contribution is 0.0197. The molecule has 2 N–H and O–H groups in total. The molecule has 0 heterocycles. The molecule has 120 valence electrons. The molecule has 0 amide bonds. The van der Waals surface area contributed by atoms with Crippen LogP contribution in [0.4, 0.5) is 0 Å². The molecule has 8 saturated carbocycles. The van der Waals surface area contributed by atoms with E-state index in [1.54, 1.807) is 77.0 Å². The molecule has 0 aromatic carbocycles. The monoisotopic (exact) mass is 290 g/mol. The summed E-state index contributed by atoms with van der Waals surface area (Å²) in [5.74, 6) is 9.42. The largest absolute Gasteiger partial charge is 0.412 e. The topological polar surface area (TPSA) is 31.5 Å². The number of hydrogen-bond acceptors (Lipinski definition) is 0. The summed E-state index contributed by atoms with van der Waals surface area (Å²) >= 11 is 0. The Morgan fingerprint density at radius 2 is 0.333 bits per heavy atom. The van der Waals surface area contributed by atoms with E-state index in [0.717, 1.165) is 0 Å². The van der Waals surface area contributed by atoms with E-state index in [-0.39, 0.29) is 5.48 Å². The smallest absolute Gasteiger partial charge is 0.0406 e. The molecule has 8 fully saturated rings. The Kier molecular flexibility index (Phi) is 3.84. The standard InChI is InChI=1S/2C10H16.H2O/c2*1-7-2-9-4-8(1)5-10(3-7)6-9;/h2*7-10H,1-6H2;1H2. The second-order valence-corrected chi connectivity index (χ2v) is 9.76. The van der Waals surface area contributed by atoms with Gasteiger partial charge in [-0.15, -0.1) is 0 Å². The van der Waals surface area contributed by atoms with Gasteiger partial charge in [0.2, 0.25) is 0 Å². The van der Waals surface area contributed by atoms with Crippen LogP contribution in [0.15, 0.2) is 0 Å². The van der Waals surface area contributed by atoms with Gasteiger partial charge in [0.1, 0.15) is 0 Å². The van der Waals surface area contributed by atoms with Gasteiger partial charge in [-0.3, -0.25) is 0 Å². The first kappa shape index (κ1) is 14.5. The Bertz CT molecular complexity index is 225. The summed E-state index contributed by atoms with van der Waals surface area (Å²) in [4.78, 5) is 0. The minimum Gasteiger partial charge on any atom is -0.412 e. The van der Waals surface area contributed by atoms with Gasteiger partial charge in [0.05, 0.1) is 0 Å². The van der Waals surface area contributed by atoms with Crippen LogP contribution >= 0.6 is 0 Å². The lowest BCUT2D eigenvalue weighted by Crippen LogP contribution is -2.38. The minimum atomic E-state index is 0. The Hall–Kier alpha value is -0.0400. The van der Waals surface area contributed by atoms with Crippen LogP contribution in [0.5, 0.6) is 0 Å². The van der Waals surface area contributed by atoms with Crippen molar-refractivity contribution in [2.75, 3.05) is 0 Å². The van der Waals surface area contributed by atoms with Crippen molar-refractivity contribution in [2.45, 2.75) is 77.0 Å². The third-order valence-corrected chi connectivity index (χ3v) is 8.00. The van der Waals surface area contributed by atoms with Gasteiger partial charge in [-0.1, -0.05) is 0 Å². The molecule has 8 aliphatic rings. The van der Waals surface area contributed by atoms with Crippen molar-refractivity contribution < 1.29 is 5.48 Å². The zero-order valence-electron chi connectivity index (χ0n) is 13.6. The van der Waals surface area contributed by atoms with Gasteiger partial charge in [-0.05, 0) is 124 Å². The summed E-state index contributed by atoms with van der Waals surface area (Å²) in [5.41, 5.74) is 0. The average molecular weight is 290 g/mol. The molecule has 0 aliphatic heterocycles. The van der Waals surface area contributed by atoms with E-state index in [4.69, 9.17) is 0 Å². The van der Waals surface area contributed by atoms with Crippen LogP contribution in [0.2, 0.25) is 0 Å². The first-order valence-electron chi connectivity index (χ1n) is 9.80. The predicted molar refractivity (Wildman–Crippen MR) is 86.9 cm³/mol. The van der Waals surface area contributed by atoms with Crippen LogP contribution < -0.4 is 0 Å². The first-order valence-corrected chi connectivity index (χ1v) is 9.80. The molecule has 1 nitrogen and oxygen atoms in total. The lowest BCUT2D eigenvalue weighted by atomic mass is 9.56. The average Bonchev–Trinajstić information content (AvgIpc) is 2.35. The molecular weight excluding hydrogens is 256 g/mol. The van der Waals surface area contributed by atoms with Crippen molar-refractivity contribution in [3.05, 3.63) is 0 Å². The summed E-state index contributed by atoms with van der Waals surface area (Å²) in [5, 5.41) is 0. The van der Waals surface area contributed by atoms with Crippen molar-refractivity contribution in [3.8, 4) is 0 Å². The summed E-state index contributed by atoms with van der Waals surface area (Å²) in [7, 11) is 0. The highest BCUT2D eigenvalue weighted by Gasteiger charge is 2.42. The molecule has 8 aliphatic carbocycles. The minimum absolute atomic E-state index is 0. The van der Waals surface area contributed by atoms with Gasteiger partial charge in [0.15, 0.2) is 0 Å². The summed E-state index contributed by atoms with van der Waals surface area (Å²) in [6.45, 7) is 0. The Morgan fingerprint density at radius 3 is 0.429 bits per heavy atom. The first-order chi connectivity index (χ1) is 9.80. The van der Waals surface area contributed by atoms with E-state index < -0.39 is 0 Å². The molecule has 0 atom stereocenters. The molecule has 1 heteroatoms. The Balaban J connectivity index is 0.000000105. The normalized spacial score (nSPS) is 54.9. The van der Waals surface area contributed by atoms with Crippen molar-refractivity contribution in [1.29, 1.82) is 0 Å². The molecule has 0 spiro atoms. The van der Waals surface area contributed by atoms with E-state index in [2.05, 4.69) is 0 Å². The van der Waals surface area contributed by atoms with Crippen LogP contribution in [0.25, 0.3) is 0 Å². The highest BCUT2D eigenvalue weighted by molar-refractivity contribution is 4.93. The highest BCUT2D eigenvalue weighted by Crippen LogP contribution is 2.54. The molecular formula is C20H34O. The zero-order chi connectivity index (χ0) is 13.1. The predicted octanol–water partition coefficient (Wildman–Crippen LogP) is 4.84. The van der Waals surface area contributed by atoms with E-state index in [0.29, 0.717) is 0 Å². The SMILES string of the molecule is C1C2CC3CC1CC(C2)C3.C1C2CC3CC1CC(C2)C3.O. The van der Waals surface area contributed by atoms with Crippen molar-refractivity contribution in [3.63, 3.8) is 0 Å². The third-order valence-electron chi connectivity index (χ3n) is 8.00. The van der Waals surface area contributed by atoms with Gasteiger partial charge < -0.3 is 5.48 Å². The quantitative estimate of drug-likeness (QED) is 0.611. The maximum absolute atomic E-state index is 1.60. The maximum Gasteiger partial charge on any atom is -0.0406 e. The van der Waals surface area contributed by atoms with E-state index in [9.17, 15) is 0 Å². The highest BCUT2D eigenvalue weighted by atomic mass is 16.0. The Labute approximate surface area is 130 Å². The van der Waals surface area contributed by atoms with E-state index >= 15 is 0 Å². The maximum atomic E-state index is 1.60. The third kappa shape index (κ3) is 2.80. The molecule has 21 heavy (non-hydrogen) atoms. The van der Waals surface area contributed by atoms with Gasteiger partial charge in [-0.2, -0.15) is 0 Å². The molecule has 0 saturated heterocycles. The van der Waals surface area contributed by atoms with Crippen LogP contribution in [0, 0.1) is 47.3 Å². The van der Waals surface area contributed by atoms with Crippen LogP contribution in [-0.2, 0) is 0 Å². The van der Waals surface area contributed by atoms with Crippen molar-refractivity contribution in [1.82, 2.24) is 0 Å². The van der Waals surface area contributed by atoms with Crippen molar-refractivity contribution >= 4 is 0 Å². The van der Waals surface area contributed by atoms with Gasteiger partial charge in [0.25, 0.3) is 0 Å². The van der Waals surface area contributed by atoms with E-state index in [1.807, 2.05) is 0 Å². The summed E-state index contributed by atoms with van der Waals surface area (Å²) in [6.07, 6.45) is 19.2. The fourth-order valence-electron chi connectivity index (χ4n) is 7.97. The molecule has 0 unspecified atom stereocenters. The molecule has 0 radical (unpaired) electrons. The molecule has 0 aromatic heterocycles. The van der Waals surface area contributed by atoms with Crippen LogP contribution in [-0.4, -0.2) is 5.48 Å². The van der Waals surface area contributed by atoms with Gasteiger partial charge in [-0.25, -0.2) is 0 Å². The molecule has 0 aromatic rings. The van der Waals surface area contributed by atoms with Gasteiger partial charge in [0, 0.05) is 0 Å². The van der Waals surface area contributed by atoms with Crippen LogP contribution in [0.1, 0.15) is 77.0 Å². The van der Waals surface area contributed by atoms with Crippen LogP contribution in [0.3, 0.4) is 0 Å². The fraction of sp³-hybridized carbons (Fsp3) is 1.00. The fourth-order valence-corrected chi connectivity index (χ4v) is 7.97. The molecule has 8 bridgehead atoms. The Morgan fingerprint density at radius 1 is 0.238 bits per heavy atom. The second-order valence-electron chi connectivity index (χ2n) is 9.76. The second kappa shape index (κ2) is 5.55. The zero-order valence-corrected chi connectivity index (χ0v) is 13.6. The van der Waals surface area contributed by atoms with Crippen molar-refractivity contribution in [2.24, 2.45) is 47.3 Å². The number of rotatable bonds is 0. The lowest BCUT2D eigenvalue weighted by Gasteiger charge is -2.49.